The summed E-state index contributed by atoms with van der Waals surface area (Å²) >= 11 is 0. The molecule has 0 radical (unpaired) electrons. The predicted octanol–water partition coefficient (Wildman–Crippen LogP) is 2.29. The van der Waals surface area contributed by atoms with Gasteiger partial charge in [-0.25, -0.2) is 5.43 Å². The molecule has 0 aliphatic rings. The number of ether oxygens (including phenoxy) is 1. The molecular formula is C19H18N3O2+. The third-order valence-corrected chi connectivity index (χ3v) is 3.64. The fraction of sp³-hybridized carbons (Fsp3) is 0.105. The summed E-state index contributed by atoms with van der Waals surface area (Å²) in [5.74, 6) is 0.519. The molecule has 1 aromatic heterocycles. The Labute approximate surface area is 140 Å². The molecule has 3 aromatic rings. The number of aromatic nitrogens is 1. The van der Waals surface area contributed by atoms with Crippen molar-refractivity contribution in [3.63, 3.8) is 0 Å². The van der Waals surface area contributed by atoms with Crippen LogP contribution in [0.25, 0.3) is 10.8 Å². The molecule has 2 aromatic carbocycles. The summed E-state index contributed by atoms with van der Waals surface area (Å²) in [6, 6.07) is 17.5. The van der Waals surface area contributed by atoms with Crippen molar-refractivity contribution in [3.8, 4) is 5.75 Å². The average Bonchev–Trinajstić information content (AvgIpc) is 2.62. The van der Waals surface area contributed by atoms with Crippen LogP contribution in [0.1, 0.15) is 5.56 Å². The van der Waals surface area contributed by atoms with Crippen molar-refractivity contribution in [1.82, 2.24) is 5.43 Å². The van der Waals surface area contributed by atoms with Gasteiger partial charge in [-0.2, -0.15) is 9.67 Å². The monoisotopic (exact) mass is 320 g/mol. The molecule has 0 unspecified atom stereocenters. The number of fused-ring (bicyclic) bond motifs is 1. The molecule has 1 N–H and O–H groups in total. The van der Waals surface area contributed by atoms with E-state index in [1.807, 2.05) is 67.0 Å². The summed E-state index contributed by atoms with van der Waals surface area (Å²) < 4.78 is 7.18. The molecule has 5 heteroatoms. The van der Waals surface area contributed by atoms with Crippen molar-refractivity contribution < 1.29 is 14.1 Å². The van der Waals surface area contributed by atoms with Gasteiger partial charge in [-0.1, -0.05) is 36.4 Å². The molecule has 1 amide bonds. The van der Waals surface area contributed by atoms with Gasteiger partial charge < -0.3 is 4.74 Å². The first-order valence-corrected chi connectivity index (χ1v) is 7.59. The molecule has 0 aliphatic heterocycles. The van der Waals surface area contributed by atoms with Crippen molar-refractivity contribution in [2.75, 3.05) is 7.11 Å². The lowest BCUT2D eigenvalue weighted by molar-refractivity contribution is -0.684. The van der Waals surface area contributed by atoms with Crippen LogP contribution < -0.4 is 14.7 Å². The summed E-state index contributed by atoms with van der Waals surface area (Å²) in [6.07, 6.45) is 5.28. The third-order valence-electron chi connectivity index (χ3n) is 3.64. The Morgan fingerprint density at radius 1 is 1.12 bits per heavy atom. The van der Waals surface area contributed by atoms with Crippen LogP contribution in [0, 0.1) is 0 Å². The van der Waals surface area contributed by atoms with Gasteiger partial charge in [0.15, 0.2) is 12.4 Å². The zero-order valence-electron chi connectivity index (χ0n) is 13.3. The van der Waals surface area contributed by atoms with Crippen LogP contribution >= 0.6 is 0 Å². The SMILES string of the molecule is COc1ccc2ccccc2c1C=NNC(=O)C[n+]1ccccc1. The van der Waals surface area contributed by atoms with E-state index in [0.717, 1.165) is 16.3 Å². The third kappa shape index (κ3) is 3.57. The Hall–Kier alpha value is -3.21. The smallest absolute Gasteiger partial charge is 0.305 e. The van der Waals surface area contributed by atoms with E-state index in [9.17, 15) is 4.79 Å². The lowest BCUT2D eigenvalue weighted by Gasteiger charge is -2.08. The number of carbonyl (C=O) groups excluding carboxylic acids is 1. The zero-order valence-corrected chi connectivity index (χ0v) is 13.3. The zero-order chi connectivity index (χ0) is 16.8. The Kier molecular flexibility index (Phi) is 4.81. The van der Waals surface area contributed by atoms with E-state index in [-0.39, 0.29) is 12.5 Å². The van der Waals surface area contributed by atoms with E-state index >= 15 is 0 Å². The fourth-order valence-electron chi connectivity index (χ4n) is 2.50. The number of pyridine rings is 1. The Morgan fingerprint density at radius 3 is 2.71 bits per heavy atom. The van der Waals surface area contributed by atoms with Gasteiger partial charge in [0.25, 0.3) is 0 Å². The average molecular weight is 320 g/mol. The highest BCUT2D eigenvalue weighted by Crippen LogP contribution is 2.26. The Bertz CT molecular complexity index is 876. The van der Waals surface area contributed by atoms with Crippen molar-refractivity contribution >= 4 is 22.9 Å². The molecule has 0 saturated carbocycles. The fourth-order valence-corrected chi connectivity index (χ4v) is 2.50. The molecule has 3 rings (SSSR count). The van der Waals surface area contributed by atoms with Crippen LogP contribution in [0.3, 0.4) is 0 Å². The quantitative estimate of drug-likeness (QED) is 0.445. The maximum atomic E-state index is 11.9. The maximum absolute atomic E-state index is 11.9. The Balaban J connectivity index is 1.77. The van der Waals surface area contributed by atoms with Crippen LogP contribution in [0.2, 0.25) is 0 Å². The normalized spacial score (nSPS) is 10.9. The van der Waals surface area contributed by atoms with Crippen LogP contribution in [0.4, 0.5) is 0 Å². The second-order valence-electron chi connectivity index (χ2n) is 5.24. The van der Waals surface area contributed by atoms with Gasteiger partial charge in [0, 0.05) is 17.7 Å². The first kappa shape index (κ1) is 15.7. The summed E-state index contributed by atoms with van der Waals surface area (Å²) in [4.78, 5) is 11.9. The first-order chi connectivity index (χ1) is 11.8. The van der Waals surface area contributed by atoms with E-state index < -0.39 is 0 Å². The van der Waals surface area contributed by atoms with Crippen LogP contribution in [0.15, 0.2) is 72.1 Å². The first-order valence-electron chi connectivity index (χ1n) is 7.59. The number of hydrogen-bond acceptors (Lipinski definition) is 3. The number of nitrogens with zero attached hydrogens (tertiary/aromatic N) is 2. The highest BCUT2D eigenvalue weighted by Gasteiger charge is 2.08. The molecular weight excluding hydrogens is 302 g/mol. The number of benzene rings is 2. The minimum atomic E-state index is -0.193. The standard InChI is InChI=1S/C19H17N3O2/c1-24-18-10-9-15-7-3-4-8-16(15)17(18)13-20-21-19(23)14-22-11-5-2-6-12-22/h2-13H,14H2,1H3/p+1. The number of hydrogen-bond donors (Lipinski definition) is 1. The van der Waals surface area contributed by atoms with Crippen molar-refractivity contribution in [1.29, 1.82) is 0 Å². The lowest BCUT2D eigenvalue weighted by atomic mass is 10.0. The van der Waals surface area contributed by atoms with Gasteiger partial charge in [-0.15, -0.1) is 0 Å². The number of rotatable bonds is 5. The highest BCUT2D eigenvalue weighted by molar-refractivity contribution is 6.02. The van der Waals surface area contributed by atoms with E-state index in [0.29, 0.717) is 5.75 Å². The minimum Gasteiger partial charge on any atom is -0.496 e. The number of amides is 1. The van der Waals surface area contributed by atoms with Crippen LogP contribution in [0.5, 0.6) is 5.75 Å². The number of carbonyl (C=O) groups is 1. The number of nitrogens with one attached hydrogen (secondary N) is 1. The molecule has 5 nitrogen and oxygen atoms in total. The predicted molar refractivity (Wildman–Crippen MR) is 92.9 cm³/mol. The molecule has 0 bridgehead atoms. The summed E-state index contributed by atoms with van der Waals surface area (Å²) in [5.41, 5.74) is 3.39. The van der Waals surface area contributed by atoms with Gasteiger partial charge in [-0.05, 0) is 16.8 Å². The minimum absolute atomic E-state index is 0.193. The number of methoxy groups -OCH3 is 1. The van der Waals surface area contributed by atoms with Crippen LogP contribution in [-0.4, -0.2) is 19.2 Å². The van der Waals surface area contributed by atoms with E-state index in [1.54, 1.807) is 17.9 Å². The van der Waals surface area contributed by atoms with Crippen molar-refractivity contribution in [2.45, 2.75) is 6.54 Å². The van der Waals surface area contributed by atoms with E-state index in [2.05, 4.69) is 10.5 Å². The molecule has 1 heterocycles. The molecule has 24 heavy (non-hydrogen) atoms. The van der Waals surface area contributed by atoms with E-state index in [4.69, 9.17) is 4.74 Å². The van der Waals surface area contributed by atoms with Crippen molar-refractivity contribution in [3.05, 3.63) is 72.6 Å². The molecule has 120 valence electrons. The van der Waals surface area contributed by atoms with Gasteiger partial charge in [0.05, 0.1) is 13.3 Å². The topological polar surface area (TPSA) is 54.6 Å². The lowest BCUT2D eigenvalue weighted by Crippen LogP contribution is -2.40. The molecule has 0 spiro atoms. The summed E-state index contributed by atoms with van der Waals surface area (Å²) in [6.45, 7) is 0.213. The molecule has 0 aliphatic carbocycles. The van der Waals surface area contributed by atoms with Crippen molar-refractivity contribution in [2.24, 2.45) is 5.10 Å². The molecule has 0 fully saturated rings. The van der Waals surface area contributed by atoms with E-state index in [1.165, 1.54) is 0 Å². The van der Waals surface area contributed by atoms with Gasteiger partial charge in [-0.3, -0.25) is 4.79 Å². The van der Waals surface area contributed by atoms with Gasteiger partial charge >= 0.3 is 5.91 Å². The summed E-state index contributed by atoms with van der Waals surface area (Å²) in [5, 5.41) is 6.19. The number of hydrazone groups is 1. The van der Waals surface area contributed by atoms with Gasteiger partial charge in [0.1, 0.15) is 5.75 Å². The Morgan fingerprint density at radius 2 is 1.92 bits per heavy atom. The summed E-state index contributed by atoms with van der Waals surface area (Å²) in [7, 11) is 1.62. The highest BCUT2D eigenvalue weighted by atomic mass is 16.5. The maximum Gasteiger partial charge on any atom is 0.305 e. The second-order valence-corrected chi connectivity index (χ2v) is 5.24. The van der Waals surface area contributed by atoms with Crippen LogP contribution in [-0.2, 0) is 11.3 Å². The molecule has 0 saturated heterocycles. The largest absolute Gasteiger partial charge is 0.496 e. The second kappa shape index (κ2) is 7.37. The molecule has 0 atom stereocenters. The van der Waals surface area contributed by atoms with Gasteiger partial charge in [0.2, 0.25) is 6.54 Å².